The smallest absolute Gasteiger partial charge is 0.407 e. The Kier molecular flexibility index (Phi) is 6.54. The first-order valence-electron chi connectivity index (χ1n) is 6.18. The third kappa shape index (κ3) is 6.03. The van der Waals surface area contributed by atoms with Gasteiger partial charge < -0.3 is 10.1 Å². The van der Waals surface area contributed by atoms with Crippen molar-refractivity contribution in [3.8, 4) is 0 Å². The van der Waals surface area contributed by atoms with Gasteiger partial charge in [-0.25, -0.2) is 4.79 Å². The van der Waals surface area contributed by atoms with Crippen LogP contribution in [0.15, 0.2) is 30.3 Å². The molecule has 0 unspecified atom stereocenters. The van der Waals surface area contributed by atoms with E-state index < -0.39 is 6.09 Å². The fourth-order valence-electron chi connectivity index (χ4n) is 1.48. The van der Waals surface area contributed by atoms with Crippen molar-refractivity contribution in [3.63, 3.8) is 0 Å². The summed E-state index contributed by atoms with van der Waals surface area (Å²) < 4.78 is 5.01. The standard InChI is InChI=1S/C14H19NO3/c1-2-6-13(16)9-10-15-14(17)18-11-12-7-4-3-5-8-12/h3-5,7-8H,2,6,9-11H2,1H3,(H,15,17). The van der Waals surface area contributed by atoms with Crippen LogP contribution < -0.4 is 5.32 Å². The molecule has 0 spiro atoms. The molecule has 98 valence electrons. The molecular formula is C14H19NO3. The summed E-state index contributed by atoms with van der Waals surface area (Å²) in [6.07, 6.45) is 1.30. The molecule has 1 aromatic rings. The van der Waals surface area contributed by atoms with Gasteiger partial charge in [0, 0.05) is 19.4 Å². The van der Waals surface area contributed by atoms with Crippen LogP contribution in [-0.2, 0) is 16.1 Å². The Morgan fingerprint density at radius 2 is 1.89 bits per heavy atom. The largest absolute Gasteiger partial charge is 0.445 e. The number of rotatable bonds is 7. The summed E-state index contributed by atoms with van der Waals surface area (Å²) in [6, 6.07) is 9.46. The maximum atomic E-state index is 11.3. The van der Waals surface area contributed by atoms with Crippen LogP contribution in [0.4, 0.5) is 4.79 Å². The Balaban J connectivity index is 2.13. The van der Waals surface area contributed by atoms with Crippen molar-refractivity contribution in [2.24, 2.45) is 0 Å². The molecule has 0 aromatic heterocycles. The number of alkyl carbamates (subject to hydrolysis) is 1. The Bertz CT molecular complexity index is 376. The first-order chi connectivity index (χ1) is 8.72. The average molecular weight is 249 g/mol. The summed E-state index contributed by atoms with van der Waals surface area (Å²) in [5.74, 6) is 0.167. The van der Waals surface area contributed by atoms with Gasteiger partial charge in [-0.3, -0.25) is 4.79 Å². The Labute approximate surface area is 107 Å². The van der Waals surface area contributed by atoms with Gasteiger partial charge >= 0.3 is 6.09 Å². The highest BCUT2D eigenvalue weighted by Gasteiger charge is 2.04. The van der Waals surface area contributed by atoms with E-state index in [1.165, 1.54) is 0 Å². The molecule has 1 aromatic carbocycles. The number of hydrogen-bond donors (Lipinski definition) is 1. The lowest BCUT2D eigenvalue weighted by Gasteiger charge is -2.06. The lowest BCUT2D eigenvalue weighted by molar-refractivity contribution is -0.118. The van der Waals surface area contributed by atoms with Crippen molar-refractivity contribution in [1.29, 1.82) is 0 Å². The van der Waals surface area contributed by atoms with Gasteiger partial charge in [0.1, 0.15) is 12.4 Å². The van der Waals surface area contributed by atoms with Gasteiger partial charge in [-0.15, -0.1) is 0 Å². The molecule has 0 saturated carbocycles. The van der Waals surface area contributed by atoms with Crippen molar-refractivity contribution < 1.29 is 14.3 Å². The molecule has 0 aliphatic heterocycles. The van der Waals surface area contributed by atoms with Crippen molar-refractivity contribution >= 4 is 11.9 Å². The van der Waals surface area contributed by atoms with Crippen LogP contribution in [0.1, 0.15) is 31.7 Å². The zero-order chi connectivity index (χ0) is 13.2. The van der Waals surface area contributed by atoms with E-state index >= 15 is 0 Å². The Morgan fingerprint density at radius 1 is 1.17 bits per heavy atom. The molecule has 0 heterocycles. The SMILES string of the molecule is CCCC(=O)CCNC(=O)OCc1ccccc1. The van der Waals surface area contributed by atoms with Gasteiger partial charge in [0.05, 0.1) is 0 Å². The zero-order valence-electron chi connectivity index (χ0n) is 10.6. The molecule has 0 radical (unpaired) electrons. The number of ether oxygens (including phenoxy) is 1. The molecule has 0 bridgehead atoms. The minimum atomic E-state index is -0.483. The fraction of sp³-hybridized carbons (Fsp3) is 0.429. The van der Waals surface area contributed by atoms with E-state index in [2.05, 4.69) is 5.32 Å². The van der Waals surface area contributed by atoms with Crippen LogP contribution in [0.25, 0.3) is 0 Å². The third-order valence-corrected chi connectivity index (χ3v) is 2.41. The van der Waals surface area contributed by atoms with Crippen molar-refractivity contribution in [2.75, 3.05) is 6.54 Å². The summed E-state index contributed by atoms with van der Waals surface area (Å²) in [5.41, 5.74) is 0.940. The molecule has 1 N–H and O–H groups in total. The molecule has 4 nitrogen and oxygen atoms in total. The van der Waals surface area contributed by atoms with Crippen LogP contribution in [0.3, 0.4) is 0 Å². The summed E-state index contributed by atoms with van der Waals surface area (Å²) in [5, 5.41) is 2.56. The number of amides is 1. The highest BCUT2D eigenvalue weighted by molar-refractivity contribution is 5.79. The van der Waals surface area contributed by atoms with Gasteiger partial charge in [-0.1, -0.05) is 37.3 Å². The minimum Gasteiger partial charge on any atom is -0.445 e. The average Bonchev–Trinajstić information content (AvgIpc) is 2.38. The number of hydrogen-bond acceptors (Lipinski definition) is 3. The van der Waals surface area contributed by atoms with E-state index in [1.54, 1.807) is 0 Å². The van der Waals surface area contributed by atoms with Gasteiger partial charge in [0.15, 0.2) is 0 Å². The first kappa shape index (κ1) is 14.2. The van der Waals surface area contributed by atoms with E-state index in [0.717, 1.165) is 12.0 Å². The number of carbonyl (C=O) groups excluding carboxylic acids is 2. The normalized spacial score (nSPS) is 9.83. The number of nitrogens with one attached hydrogen (secondary N) is 1. The summed E-state index contributed by atoms with van der Waals surface area (Å²) in [6.45, 7) is 2.54. The van der Waals surface area contributed by atoms with Gasteiger partial charge in [0.2, 0.25) is 0 Å². The fourth-order valence-corrected chi connectivity index (χ4v) is 1.48. The highest BCUT2D eigenvalue weighted by Crippen LogP contribution is 2.00. The summed E-state index contributed by atoms with van der Waals surface area (Å²) in [7, 11) is 0. The summed E-state index contributed by atoms with van der Waals surface area (Å²) >= 11 is 0. The number of ketones is 1. The zero-order valence-corrected chi connectivity index (χ0v) is 10.6. The lowest BCUT2D eigenvalue weighted by atomic mass is 10.2. The predicted molar refractivity (Wildman–Crippen MR) is 69.2 cm³/mol. The Morgan fingerprint density at radius 3 is 2.56 bits per heavy atom. The van der Waals surface area contributed by atoms with Crippen LogP contribution >= 0.6 is 0 Å². The van der Waals surface area contributed by atoms with Crippen LogP contribution in [-0.4, -0.2) is 18.4 Å². The van der Waals surface area contributed by atoms with Gasteiger partial charge in [0.25, 0.3) is 0 Å². The minimum absolute atomic E-state index is 0.167. The number of carbonyl (C=O) groups is 2. The molecule has 0 aliphatic rings. The molecule has 0 fully saturated rings. The molecule has 4 heteroatoms. The quantitative estimate of drug-likeness (QED) is 0.808. The topological polar surface area (TPSA) is 55.4 Å². The molecule has 0 atom stereocenters. The van der Waals surface area contributed by atoms with E-state index in [9.17, 15) is 9.59 Å². The maximum absolute atomic E-state index is 11.3. The Hall–Kier alpha value is -1.84. The molecule has 0 saturated heterocycles. The number of benzene rings is 1. The summed E-state index contributed by atoms with van der Waals surface area (Å²) in [4.78, 5) is 22.5. The highest BCUT2D eigenvalue weighted by atomic mass is 16.5. The second-order valence-electron chi connectivity index (χ2n) is 4.03. The van der Waals surface area contributed by atoms with Crippen molar-refractivity contribution in [1.82, 2.24) is 5.32 Å². The van der Waals surface area contributed by atoms with Crippen LogP contribution in [0, 0.1) is 0 Å². The van der Waals surface area contributed by atoms with E-state index in [-0.39, 0.29) is 12.4 Å². The maximum Gasteiger partial charge on any atom is 0.407 e. The third-order valence-electron chi connectivity index (χ3n) is 2.41. The monoisotopic (exact) mass is 249 g/mol. The second kappa shape index (κ2) is 8.28. The second-order valence-corrected chi connectivity index (χ2v) is 4.03. The van der Waals surface area contributed by atoms with E-state index in [1.807, 2.05) is 37.3 Å². The predicted octanol–water partition coefficient (Wildman–Crippen LogP) is 2.67. The number of Topliss-reactive ketones (excluding diaryl/α,β-unsaturated/α-hetero) is 1. The molecular weight excluding hydrogens is 230 g/mol. The van der Waals surface area contributed by atoms with Gasteiger partial charge in [-0.2, -0.15) is 0 Å². The van der Waals surface area contributed by atoms with E-state index in [4.69, 9.17) is 4.74 Å². The molecule has 1 rings (SSSR count). The van der Waals surface area contributed by atoms with Crippen LogP contribution in [0.5, 0.6) is 0 Å². The first-order valence-corrected chi connectivity index (χ1v) is 6.18. The van der Waals surface area contributed by atoms with Gasteiger partial charge in [-0.05, 0) is 12.0 Å². The molecule has 0 aliphatic carbocycles. The van der Waals surface area contributed by atoms with Crippen LogP contribution in [0.2, 0.25) is 0 Å². The molecule has 1 amide bonds. The molecule has 18 heavy (non-hydrogen) atoms. The van der Waals surface area contributed by atoms with Crippen molar-refractivity contribution in [2.45, 2.75) is 32.8 Å². The van der Waals surface area contributed by atoms with E-state index in [0.29, 0.717) is 19.4 Å². The van der Waals surface area contributed by atoms with Crippen molar-refractivity contribution in [3.05, 3.63) is 35.9 Å². The lowest BCUT2D eigenvalue weighted by Crippen LogP contribution is -2.26.